The van der Waals surface area contributed by atoms with E-state index in [1.807, 2.05) is 6.07 Å². The summed E-state index contributed by atoms with van der Waals surface area (Å²) in [5, 5.41) is 13.2. The fraction of sp³-hybridized carbons (Fsp3) is 0.0714. The van der Waals surface area contributed by atoms with Gasteiger partial charge in [-0.2, -0.15) is 5.26 Å². The van der Waals surface area contributed by atoms with Crippen LogP contribution in [0.25, 0.3) is 21.9 Å². The van der Waals surface area contributed by atoms with Gasteiger partial charge in [-0.1, -0.05) is 11.6 Å². The highest BCUT2D eigenvalue weighted by atomic mass is 35.5. The van der Waals surface area contributed by atoms with Gasteiger partial charge in [0.1, 0.15) is 11.7 Å². The van der Waals surface area contributed by atoms with Crippen LogP contribution >= 0.6 is 11.6 Å². The number of carbonyl (C=O) groups is 1. The number of nitrogens with one attached hydrogen (secondary N) is 2. The Bertz CT molecular complexity index is 911. The number of hydrogen-bond donors (Lipinski definition) is 2. The van der Waals surface area contributed by atoms with Gasteiger partial charge in [0.25, 0.3) is 0 Å². The molecule has 1 aromatic carbocycles. The first-order valence-electron chi connectivity index (χ1n) is 6.04. The van der Waals surface area contributed by atoms with Crippen LogP contribution in [0.4, 0.5) is 4.79 Å². The van der Waals surface area contributed by atoms with Gasteiger partial charge < -0.3 is 15.0 Å². The fourth-order valence-electron chi connectivity index (χ4n) is 2.19. The highest BCUT2D eigenvalue weighted by Crippen LogP contribution is 2.37. The number of nitriles is 1. The zero-order chi connectivity index (χ0) is 15.0. The van der Waals surface area contributed by atoms with Gasteiger partial charge in [0.15, 0.2) is 5.75 Å². The number of pyridine rings is 1. The third kappa shape index (κ3) is 2.04. The maximum atomic E-state index is 11.4. The number of halogens is 1. The summed E-state index contributed by atoms with van der Waals surface area (Å²) in [6.07, 6.45) is 1.01. The van der Waals surface area contributed by atoms with E-state index in [1.54, 1.807) is 12.3 Å². The number of aromatic amines is 1. The fourth-order valence-corrected chi connectivity index (χ4v) is 2.42. The molecule has 0 aliphatic rings. The minimum Gasteiger partial charge on any atom is -0.408 e. The molecule has 0 bridgehead atoms. The number of fused-ring (bicyclic) bond motifs is 3. The lowest BCUT2D eigenvalue weighted by Crippen LogP contribution is -2.22. The molecule has 0 fully saturated rings. The Kier molecular flexibility index (Phi) is 3.12. The Morgan fingerprint density at radius 1 is 1.57 bits per heavy atom. The van der Waals surface area contributed by atoms with Gasteiger partial charge >= 0.3 is 6.09 Å². The van der Waals surface area contributed by atoms with Crippen molar-refractivity contribution in [2.75, 3.05) is 7.05 Å². The molecule has 7 heteroatoms. The maximum absolute atomic E-state index is 11.4. The van der Waals surface area contributed by atoms with Crippen LogP contribution in [0.15, 0.2) is 24.4 Å². The number of carbonyl (C=O) groups excluding carboxylic acids is 1. The molecule has 0 unspecified atom stereocenters. The number of H-pyrrole nitrogens is 1. The molecule has 2 heterocycles. The van der Waals surface area contributed by atoms with E-state index in [4.69, 9.17) is 16.3 Å². The first-order chi connectivity index (χ1) is 10.2. The highest BCUT2D eigenvalue weighted by molar-refractivity contribution is 6.34. The van der Waals surface area contributed by atoms with Crippen LogP contribution in [0.5, 0.6) is 5.75 Å². The summed E-state index contributed by atoms with van der Waals surface area (Å²) < 4.78 is 5.18. The topological polar surface area (TPSA) is 90.8 Å². The average molecular weight is 301 g/mol. The maximum Gasteiger partial charge on any atom is 0.412 e. The van der Waals surface area contributed by atoms with Crippen molar-refractivity contribution >= 4 is 39.6 Å². The molecule has 0 saturated carbocycles. The van der Waals surface area contributed by atoms with E-state index >= 15 is 0 Å². The summed E-state index contributed by atoms with van der Waals surface area (Å²) in [7, 11) is 1.46. The van der Waals surface area contributed by atoms with E-state index in [0.29, 0.717) is 22.1 Å². The molecule has 1 amide bonds. The van der Waals surface area contributed by atoms with Crippen molar-refractivity contribution in [3.05, 3.63) is 35.0 Å². The van der Waals surface area contributed by atoms with Gasteiger partial charge in [-0.15, -0.1) is 0 Å². The lowest BCUT2D eigenvalue weighted by Gasteiger charge is -2.07. The van der Waals surface area contributed by atoms with Gasteiger partial charge in [0, 0.05) is 30.1 Å². The van der Waals surface area contributed by atoms with Gasteiger partial charge in [-0.25, -0.2) is 9.78 Å². The normalized spacial score (nSPS) is 10.5. The first kappa shape index (κ1) is 13.2. The Balaban J connectivity index is 2.41. The summed E-state index contributed by atoms with van der Waals surface area (Å²) in [5.74, 6) is 0.242. The number of nitrogens with zero attached hydrogens (tertiary/aromatic N) is 2. The zero-order valence-corrected chi connectivity index (χ0v) is 11.7. The van der Waals surface area contributed by atoms with Gasteiger partial charge in [-0.05, 0) is 12.1 Å². The molecule has 0 atom stereocenters. The Hall–Kier alpha value is -2.78. The largest absolute Gasteiger partial charge is 0.412 e. The van der Waals surface area contributed by atoms with Crippen molar-refractivity contribution in [1.29, 1.82) is 5.26 Å². The van der Waals surface area contributed by atoms with Gasteiger partial charge in [0.05, 0.1) is 16.1 Å². The SMILES string of the molecule is CNC(=O)Oc1cc(Cl)c(C#N)c2c1[nH]c1ncccc12. The quantitative estimate of drug-likeness (QED) is 0.723. The zero-order valence-electron chi connectivity index (χ0n) is 10.9. The molecule has 3 rings (SSSR count). The third-order valence-electron chi connectivity index (χ3n) is 3.08. The minimum atomic E-state index is -0.622. The molecule has 6 nitrogen and oxygen atoms in total. The Labute approximate surface area is 124 Å². The van der Waals surface area contributed by atoms with E-state index in [1.165, 1.54) is 13.1 Å². The van der Waals surface area contributed by atoms with Crippen LogP contribution in [0.2, 0.25) is 5.02 Å². The standard InChI is InChI=1S/C14H9ClN4O2/c1-17-14(20)21-10-5-9(15)8(6-16)11-7-3-2-4-18-13(7)19-12(10)11/h2-5H,1H3,(H,17,20)(H,18,19). The van der Waals surface area contributed by atoms with E-state index in [2.05, 4.69) is 21.4 Å². The molecule has 21 heavy (non-hydrogen) atoms. The van der Waals surface area contributed by atoms with Crippen molar-refractivity contribution in [3.63, 3.8) is 0 Å². The van der Waals surface area contributed by atoms with Crippen LogP contribution in [-0.2, 0) is 0 Å². The van der Waals surface area contributed by atoms with Crippen LogP contribution < -0.4 is 10.1 Å². The van der Waals surface area contributed by atoms with Gasteiger partial charge in [0.2, 0.25) is 0 Å². The van der Waals surface area contributed by atoms with Crippen molar-refractivity contribution in [2.24, 2.45) is 0 Å². The van der Waals surface area contributed by atoms with Crippen LogP contribution in [0, 0.1) is 11.3 Å². The average Bonchev–Trinajstić information content (AvgIpc) is 2.87. The number of hydrogen-bond acceptors (Lipinski definition) is 4. The van der Waals surface area contributed by atoms with Crippen molar-refractivity contribution < 1.29 is 9.53 Å². The predicted molar refractivity (Wildman–Crippen MR) is 78.4 cm³/mol. The Morgan fingerprint density at radius 2 is 2.38 bits per heavy atom. The second kappa shape index (κ2) is 4.96. The van der Waals surface area contributed by atoms with Crippen molar-refractivity contribution in [3.8, 4) is 11.8 Å². The predicted octanol–water partition coefficient (Wildman–Crippen LogP) is 2.96. The molecule has 0 aliphatic carbocycles. The molecule has 2 aromatic heterocycles. The van der Waals surface area contributed by atoms with Crippen molar-refractivity contribution in [1.82, 2.24) is 15.3 Å². The molecular weight excluding hydrogens is 292 g/mol. The summed E-state index contributed by atoms with van der Waals surface area (Å²) in [6, 6.07) is 7.10. The number of rotatable bonds is 1. The highest BCUT2D eigenvalue weighted by Gasteiger charge is 2.18. The van der Waals surface area contributed by atoms with Crippen molar-refractivity contribution in [2.45, 2.75) is 0 Å². The molecule has 2 N–H and O–H groups in total. The number of benzene rings is 1. The molecule has 0 spiro atoms. The molecule has 0 aliphatic heterocycles. The summed E-state index contributed by atoms with van der Waals surface area (Å²) in [4.78, 5) is 18.7. The molecule has 104 valence electrons. The molecular formula is C14H9ClN4O2. The van der Waals surface area contributed by atoms with E-state index in [0.717, 1.165) is 5.39 Å². The number of amides is 1. The number of aromatic nitrogens is 2. The van der Waals surface area contributed by atoms with Crippen LogP contribution in [0.1, 0.15) is 5.56 Å². The summed E-state index contributed by atoms with van der Waals surface area (Å²) in [6.45, 7) is 0. The minimum absolute atomic E-state index is 0.216. The van der Waals surface area contributed by atoms with E-state index in [-0.39, 0.29) is 10.8 Å². The Morgan fingerprint density at radius 3 is 3.10 bits per heavy atom. The monoisotopic (exact) mass is 300 g/mol. The second-order valence-corrected chi connectivity index (χ2v) is 4.66. The number of ether oxygens (including phenoxy) is 1. The van der Waals surface area contributed by atoms with Gasteiger partial charge in [-0.3, -0.25) is 0 Å². The lowest BCUT2D eigenvalue weighted by molar-refractivity contribution is 0.203. The second-order valence-electron chi connectivity index (χ2n) is 4.26. The first-order valence-corrected chi connectivity index (χ1v) is 6.42. The summed E-state index contributed by atoms with van der Waals surface area (Å²) in [5.41, 5.74) is 1.41. The summed E-state index contributed by atoms with van der Waals surface area (Å²) >= 11 is 6.12. The lowest BCUT2D eigenvalue weighted by atomic mass is 10.1. The smallest absolute Gasteiger partial charge is 0.408 e. The molecule has 0 radical (unpaired) electrons. The molecule has 3 aromatic rings. The van der Waals surface area contributed by atoms with Crippen LogP contribution in [0.3, 0.4) is 0 Å². The molecule has 0 saturated heterocycles. The van der Waals surface area contributed by atoms with Crippen LogP contribution in [-0.4, -0.2) is 23.1 Å². The van der Waals surface area contributed by atoms with E-state index in [9.17, 15) is 10.1 Å². The van der Waals surface area contributed by atoms with E-state index < -0.39 is 6.09 Å². The third-order valence-corrected chi connectivity index (χ3v) is 3.38.